The van der Waals surface area contributed by atoms with E-state index < -0.39 is 0 Å². The second-order valence-electron chi connectivity index (χ2n) is 3.77. The molecule has 1 aromatic carbocycles. The summed E-state index contributed by atoms with van der Waals surface area (Å²) in [6.45, 7) is 13.3. The monoisotopic (exact) mass is 296 g/mol. The molecule has 0 atom stereocenters. The van der Waals surface area contributed by atoms with Crippen LogP contribution in [0.2, 0.25) is 0 Å². The number of ether oxygens (including phenoxy) is 2. The van der Waals surface area contributed by atoms with Crippen LogP contribution in [-0.2, 0) is 15.9 Å². The van der Waals surface area contributed by atoms with E-state index in [0.29, 0.717) is 12.0 Å². The van der Waals surface area contributed by atoms with Gasteiger partial charge in [0, 0.05) is 25.4 Å². The number of benzene rings is 1. The van der Waals surface area contributed by atoms with Gasteiger partial charge in [-0.2, -0.15) is 0 Å². The van der Waals surface area contributed by atoms with Crippen molar-refractivity contribution in [3.05, 3.63) is 48.6 Å². The number of aldehydes is 1. The van der Waals surface area contributed by atoms with Crippen molar-refractivity contribution in [1.29, 1.82) is 0 Å². The Hall–Kier alpha value is -1.49. The summed E-state index contributed by atoms with van der Waals surface area (Å²) in [5.74, 6) is 0. The minimum atomic E-state index is -0.0370. The molecule has 0 spiro atoms. The minimum absolute atomic E-state index is 0.0370. The second kappa shape index (κ2) is 16.6. The second-order valence-corrected chi connectivity index (χ2v) is 3.77. The zero-order valence-electron chi connectivity index (χ0n) is 13.4. The van der Waals surface area contributed by atoms with Crippen LogP contribution < -0.4 is 0 Å². The van der Waals surface area contributed by atoms with Gasteiger partial charge in [0.25, 0.3) is 0 Å². The largest absolute Gasteiger partial charge is 0.396 e. The third kappa shape index (κ3) is 12.0. The summed E-state index contributed by atoms with van der Waals surface area (Å²) in [5.41, 5.74) is 1.58. The lowest BCUT2D eigenvalue weighted by molar-refractivity contribution is -0.123. The van der Waals surface area contributed by atoms with Crippen molar-refractivity contribution in [3.8, 4) is 0 Å². The van der Waals surface area contributed by atoms with E-state index in [4.69, 9.17) is 14.6 Å². The molecule has 0 fully saturated rings. The van der Waals surface area contributed by atoms with Gasteiger partial charge in [-0.3, -0.25) is 4.79 Å². The zero-order valence-corrected chi connectivity index (χ0v) is 13.4. The van der Waals surface area contributed by atoms with E-state index in [2.05, 4.69) is 13.2 Å². The van der Waals surface area contributed by atoms with Crippen LogP contribution in [0.25, 0.3) is 0 Å². The van der Waals surface area contributed by atoms with Crippen LogP contribution in [-0.4, -0.2) is 37.5 Å². The summed E-state index contributed by atoms with van der Waals surface area (Å²) in [6.07, 6.45) is 1.32. The minimum Gasteiger partial charge on any atom is -0.396 e. The predicted octanol–water partition coefficient (Wildman–Crippen LogP) is 3.24. The third-order valence-corrected chi connectivity index (χ3v) is 2.37. The Labute approximate surface area is 128 Å². The molecule has 1 rings (SSSR count). The maximum absolute atomic E-state index is 10.4. The SMILES string of the molecule is C=C.CCOC(C)OCC.O=Cc1ccccc1CCO. The Bertz CT molecular complexity index is 346. The molecule has 0 aliphatic rings. The molecule has 0 unspecified atom stereocenters. The highest BCUT2D eigenvalue weighted by Crippen LogP contribution is 2.05. The highest BCUT2D eigenvalue weighted by atomic mass is 16.7. The number of aliphatic hydroxyl groups excluding tert-OH is 1. The molecule has 0 radical (unpaired) electrons. The molecule has 1 N–H and O–H groups in total. The van der Waals surface area contributed by atoms with Gasteiger partial charge in [-0.25, -0.2) is 0 Å². The van der Waals surface area contributed by atoms with Crippen molar-refractivity contribution in [2.75, 3.05) is 19.8 Å². The summed E-state index contributed by atoms with van der Waals surface area (Å²) in [4.78, 5) is 10.4. The maximum atomic E-state index is 10.4. The van der Waals surface area contributed by atoms with Gasteiger partial charge in [-0.15, -0.1) is 13.2 Å². The first-order chi connectivity index (χ1) is 10.2. The van der Waals surface area contributed by atoms with Crippen molar-refractivity contribution in [3.63, 3.8) is 0 Å². The number of hydrogen-bond acceptors (Lipinski definition) is 4. The molecule has 4 heteroatoms. The number of carbonyl (C=O) groups is 1. The average Bonchev–Trinajstić information content (AvgIpc) is 2.51. The highest BCUT2D eigenvalue weighted by Gasteiger charge is 1.97. The van der Waals surface area contributed by atoms with Crippen molar-refractivity contribution in [2.24, 2.45) is 0 Å². The van der Waals surface area contributed by atoms with Crippen LogP contribution in [0.15, 0.2) is 37.4 Å². The first kappa shape index (κ1) is 21.8. The topological polar surface area (TPSA) is 55.8 Å². The molecule has 0 saturated heterocycles. The van der Waals surface area contributed by atoms with E-state index >= 15 is 0 Å². The standard InChI is InChI=1S/C9H10O2.C6H14O2.C2H4/c10-6-5-8-3-1-2-4-9(8)7-11;1-4-7-6(3)8-5-2;1-2/h1-4,7,10H,5-6H2;6H,4-5H2,1-3H3;1-2H2. The normalized spacial score (nSPS) is 9.19. The van der Waals surface area contributed by atoms with Crippen LogP contribution in [0, 0.1) is 0 Å². The fraction of sp³-hybridized carbons (Fsp3) is 0.471. The van der Waals surface area contributed by atoms with Crippen LogP contribution >= 0.6 is 0 Å². The Kier molecular flexibility index (Phi) is 17.2. The Morgan fingerprint density at radius 1 is 1.19 bits per heavy atom. The van der Waals surface area contributed by atoms with E-state index in [0.717, 1.165) is 25.1 Å². The lowest BCUT2D eigenvalue weighted by atomic mass is 10.1. The predicted molar refractivity (Wildman–Crippen MR) is 86.6 cm³/mol. The fourth-order valence-electron chi connectivity index (χ4n) is 1.51. The van der Waals surface area contributed by atoms with Crippen molar-refractivity contribution < 1.29 is 19.4 Å². The number of carbonyl (C=O) groups excluding carboxylic acids is 1. The van der Waals surface area contributed by atoms with Crippen LogP contribution in [0.4, 0.5) is 0 Å². The van der Waals surface area contributed by atoms with Gasteiger partial charge in [-0.05, 0) is 32.8 Å². The van der Waals surface area contributed by atoms with Crippen LogP contribution in [0.1, 0.15) is 36.7 Å². The van der Waals surface area contributed by atoms with Gasteiger partial charge in [-0.1, -0.05) is 24.3 Å². The van der Waals surface area contributed by atoms with E-state index in [9.17, 15) is 4.79 Å². The molecule has 0 aliphatic heterocycles. The maximum Gasteiger partial charge on any atom is 0.154 e. The lowest BCUT2D eigenvalue weighted by Gasteiger charge is -2.09. The van der Waals surface area contributed by atoms with Crippen LogP contribution in [0.3, 0.4) is 0 Å². The van der Waals surface area contributed by atoms with E-state index in [1.165, 1.54) is 0 Å². The average molecular weight is 296 g/mol. The molecule has 120 valence electrons. The van der Waals surface area contributed by atoms with Gasteiger partial charge in [0.05, 0.1) is 0 Å². The number of hydrogen-bond donors (Lipinski definition) is 1. The zero-order chi connectivity index (χ0) is 16.5. The highest BCUT2D eigenvalue weighted by molar-refractivity contribution is 5.77. The summed E-state index contributed by atoms with van der Waals surface area (Å²) in [5, 5.41) is 8.62. The first-order valence-corrected chi connectivity index (χ1v) is 7.06. The third-order valence-electron chi connectivity index (χ3n) is 2.37. The van der Waals surface area contributed by atoms with Gasteiger partial charge in [0.1, 0.15) is 6.29 Å². The van der Waals surface area contributed by atoms with Gasteiger partial charge in [0.2, 0.25) is 0 Å². The molecule has 0 heterocycles. The Balaban J connectivity index is 0. The Morgan fingerprint density at radius 3 is 2.14 bits per heavy atom. The van der Waals surface area contributed by atoms with Gasteiger partial charge < -0.3 is 14.6 Å². The summed E-state index contributed by atoms with van der Waals surface area (Å²) < 4.78 is 10.1. The van der Waals surface area contributed by atoms with Crippen LogP contribution in [0.5, 0.6) is 0 Å². The molecular formula is C17H28O4. The molecule has 0 aromatic heterocycles. The molecule has 1 aromatic rings. The molecule has 0 bridgehead atoms. The number of rotatable bonds is 7. The van der Waals surface area contributed by atoms with Gasteiger partial charge >= 0.3 is 0 Å². The molecule has 4 nitrogen and oxygen atoms in total. The molecule has 21 heavy (non-hydrogen) atoms. The summed E-state index contributed by atoms with van der Waals surface area (Å²) >= 11 is 0. The van der Waals surface area contributed by atoms with Crippen molar-refractivity contribution in [1.82, 2.24) is 0 Å². The molecule has 0 aliphatic carbocycles. The lowest BCUT2D eigenvalue weighted by Crippen LogP contribution is -2.11. The van der Waals surface area contributed by atoms with E-state index in [-0.39, 0.29) is 12.9 Å². The summed E-state index contributed by atoms with van der Waals surface area (Å²) in [6, 6.07) is 7.26. The number of aliphatic hydroxyl groups is 1. The first-order valence-electron chi connectivity index (χ1n) is 7.06. The van der Waals surface area contributed by atoms with E-state index in [1.54, 1.807) is 6.07 Å². The quantitative estimate of drug-likeness (QED) is 0.477. The van der Waals surface area contributed by atoms with Crippen molar-refractivity contribution in [2.45, 2.75) is 33.5 Å². The smallest absolute Gasteiger partial charge is 0.154 e. The van der Waals surface area contributed by atoms with E-state index in [1.807, 2.05) is 39.0 Å². The molecule has 0 amide bonds. The van der Waals surface area contributed by atoms with Crippen molar-refractivity contribution >= 4 is 6.29 Å². The van der Waals surface area contributed by atoms with Gasteiger partial charge in [0.15, 0.2) is 6.29 Å². The molecule has 0 saturated carbocycles. The Morgan fingerprint density at radius 2 is 1.71 bits per heavy atom. The summed E-state index contributed by atoms with van der Waals surface area (Å²) in [7, 11) is 0. The molecular weight excluding hydrogens is 268 g/mol. The fourth-order valence-corrected chi connectivity index (χ4v) is 1.51.